The fraction of sp³-hybridized carbons (Fsp3) is 0.625. The molecule has 0 spiro atoms. The monoisotopic (exact) mass is 224 g/mol. The Morgan fingerprint density at radius 1 is 1.47 bits per heavy atom. The summed E-state index contributed by atoms with van der Waals surface area (Å²) < 4.78 is 36.5. The van der Waals surface area contributed by atoms with Crippen LogP contribution in [-0.2, 0) is 6.54 Å². The number of aliphatic hydroxyl groups excluding tert-OH is 2. The first kappa shape index (κ1) is 12.0. The molecule has 4 nitrogen and oxygen atoms in total. The van der Waals surface area contributed by atoms with E-state index >= 15 is 0 Å². The van der Waals surface area contributed by atoms with Crippen LogP contribution in [0.5, 0.6) is 0 Å². The lowest BCUT2D eigenvalue weighted by Gasteiger charge is -2.07. The van der Waals surface area contributed by atoms with Crippen molar-refractivity contribution >= 4 is 0 Å². The highest BCUT2D eigenvalue weighted by Gasteiger charge is 2.28. The number of nitrogens with zero attached hydrogens (tertiary/aromatic N) is 2. The van der Waals surface area contributed by atoms with E-state index in [4.69, 9.17) is 5.11 Å². The minimum Gasteiger partial charge on any atom is -0.396 e. The molecule has 0 aliphatic rings. The third-order valence-corrected chi connectivity index (χ3v) is 1.75. The minimum atomic E-state index is -4.33. The van der Waals surface area contributed by atoms with Gasteiger partial charge in [0.2, 0.25) is 0 Å². The summed E-state index contributed by atoms with van der Waals surface area (Å²) >= 11 is 0. The van der Waals surface area contributed by atoms with Crippen LogP contribution in [0.15, 0.2) is 12.3 Å². The Bertz CT molecular complexity index is 311. The summed E-state index contributed by atoms with van der Waals surface area (Å²) in [7, 11) is 0. The molecule has 1 aromatic rings. The van der Waals surface area contributed by atoms with Crippen molar-refractivity contribution in [3.63, 3.8) is 0 Å². The molecule has 0 aromatic carbocycles. The smallest absolute Gasteiger partial charge is 0.396 e. The van der Waals surface area contributed by atoms with Gasteiger partial charge in [-0.05, 0) is 6.07 Å². The number of rotatable bonds is 4. The molecular weight excluding hydrogens is 213 g/mol. The molecule has 2 N–H and O–H groups in total. The van der Waals surface area contributed by atoms with E-state index in [2.05, 4.69) is 5.10 Å². The lowest BCUT2D eigenvalue weighted by molar-refractivity contribution is -0.142. The third kappa shape index (κ3) is 3.88. The molecule has 7 heteroatoms. The van der Waals surface area contributed by atoms with E-state index in [0.29, 0.717) is 4.68 Å². The van der Waals surface area contributed by atoms with Crippen molar-refractivity contribution in [2.24, 2.45) is 0 Å². The molecule has 0 radical (unpaired) electrons. The average molecular weight is 224 g/mol. The quantitative estimate of drug-likeness (QED) is 0.797. The molecule has 0 amide bonds. The zero-order valence-electron chi connectivity index (χ0n) is 7.78. The number of hydrogen-bond donors (Lipinski definition) is 2. The van der Waals surface area contributed by atoms with Crippen molar-refractivity contribution in [1.29, 1.82) is 0 Å². The lowest BCUT2D eigenvalue weighted by atomic mass is 10.2. The maximum absolute atomic E-state index is 11.9. The highest BCUT2D eigenvalue weighted by molar-refractivity contribution is 5.02. The summed E-state index contributed by atoms with van der Waals surface area (Å²) in [4.78, 5) is 0. The van der Waals surface area contributed by atoms with E-state index in [1.165, 1.54) is 6.07 Å². The van der Waals surface area contributed by atoms with Gasteiger partial charge in [0.1, 0.15) is 6.54 Å². The Morgan fingerprint density at radius 3 is 2.67 bits per heavy atom. The van der Waals surface area contributed by atoms with Crippen LogP contribution in [0.4, 0.5) is 13.2 Å². The molecular formula is C8H11F3N2O2. The van der Waals surface area contributed by atoms with Crippen LogP contribution in [0.2, 0.25) is 0 Å². The van der Waals surface area contributed by atoms with Crippen molar-refractivity contribution in [3.8, 4) is 0 Å². The van der Waals surface area contributed by atoms with Gasteiger partial charge in [0.05, 0.1) is 11.8 Å². The highest BCUT2D eigenvalue weighted by Crippen LogP contribution is 2.19. The number of aliphatic hydroxyl groups is 2. The average Bonchev–Trinajstić information content (AvgIpc) is 2.50. The molecule has 15 heavy (non-hydrogen) atoms. The molecule has 0 unspecified atom stereocenters. The Labute approximate surface area is 83.9 Å². The van der Waals surface area contributed by atoms with Crippen LogP contribution in [0.3, 0.4) is 0 Å². The second-order valence-electron chi connectivity index (χ2n) is 3.08. The van der Waals surface area contributed by atoms with E-state index in [1.54, 1.807) is 0 Å². The Balaban J connectivity index is 2.64. The second-order valence-corrected chi connectivity index (χ2v) is 3.08. The molecule has 86 valence electrons. The molecule has 0 fully saturated rings. The Hall–Kier alpha value is -1.08. The molecule has 0 aliphatic heterocycles. The zero-order valence-corrected chi connectivity index (χ0v) is 7.78. The number of alkyl halides is 3. The molecule has 0 bridgehead atoms. The van der Waals surface area contributed by atoms with Crippen LogP contribution in [0, 0.1) is 0 Å². The van der Waals surface area contributed by atoms with Crippen molar-refractivity contribution in [2.45, 2.75) is 25.2 Å². The number of halogens is 3. The predicted molar refractivity (Wildman–Crippen MR) is 44.9 cm³/mol. The largest absolute Gasteiger partial charge is 0.408 e. The first-order chi connectivity index (χ1) is 6.92. The van der Waals surface area contributed by atoms with Gasteiger partial charge in [0.15, 0.2) is 0 Å². The molecule has 1 rings (SSSR count). The van der Waals surface area contributed by atoms with E-state index in [0.717, 1.165) is 6.20 Å². The summed E-state index contributed by atoms with van der Waals surface area (Å²) in [6.45, 7) is -1.42. The summed E-state index contributed by atoms with van der Waals surface area (Å²) in [5.41, 5.74) is 0.133. The van der Waals surface area contributed by atoms with Gasteiger partial charge in [-0.3, -0.25) is 4.68 Å². The zero-order chi connectivity index (χ0) is 11.5. The van der Waals surface area contributed by atoms with E-state index in [9.17, 15) is 18.3 Å². The lowest BCUT2D eigenvalue weighted by Crippen LogP contribution is -2.18. The summed E-state index contributed by atoms with van der Waals surface area (Å²) in [6, 6.07) is 1.30. The van der Waals surface area contributed by atoms with Crippen LogP contribution in [0.25, 0.3) is 0 Å². The standard InChI is InChI=1S/C8H11F3N2O2/c9-8(10,11)5-13-3-1-6(12-13)7(15)2-4-14/h1,3,7,14-15H,2,4-5H2/t7-/m1/s1. The van der Waals surface area contributed by atoms with E-state index in [1.807, 2.05) is 0 Å². The maximum Gasteiger partial charge on any atom is 0.408 e. The van der Waals surface area contributed by atoms with Gasteiger partial charge >= 0.3 is 6.18 Å². The van der Waals surface area contributed by atoms with Gasteiger partial charge in [-0.1, -0.05) is 0 Å². The van der Waals surface area contributed by atoms with Gasteiger partial charge in [0.25, 0.3) is 0 Å². The number of hydrogen-bond acceptors (Lipinski definition) is 3. The van der Waals surface area contributed by atoms with E-state index < -0.39 is 18.8 Å². The first-order valence-electron chi connectivity index (χ1n) is 4.31. The van der Waals surface area contributed by atoms with Crippen LogP contribution >= 0.6 is 0 Å². The summed E-state index contributed by atoms with van der Waals surface area (Å²) in [6.07, 6.45) is -4.15. The summed E-state index contributed by atoms with van der Waals surface area (Å²) in [5.74, 6) is 0. The fourth-order valence-electron chi connectivity index (χ4n) is 1.10. The SMILES string of the molecule is OCC[C@@H](O)c1ccn(CC(F)(F)F)n1. The molecule has 0 saturated heterocycles. The Morgan fingerprint density at radius 2 is 2.13 bits per heavy atom. The van der Waals surface area contributed by atoms with Crippen molar-refractivity contribution in [1.82, 2.24) is 9.78 Å². The van der Waals surface area contributed by atoms with E-state index in [-0.39, 0.29) is 18.7 Å². The van der Waals surface area contributed by atoms with Crippen molar-refractivity contribution in [2.75, 3.05) is 6.61 Å². The minimum absolute atomic E-state index is 0.0586. The van der Waals surface area contributed by atoms with Crippen molar-refractivity contribution in [3.05, 3.63) is 18.0 Å². The molecule has 1 heterocycles. The van der Waals surface area contributed by atoms with Crippen molar-refractivity contribution < 1.29 is 23.4 Å². The van der Waals surface area contributed by atoms with Gasteiger partial charge in [-0.15, -0.1) is 0 Å². The maximum atomic E-state index is 11.9. The van der Waals surface area contributed by atoms with Crippen LogP contribution < -0.4 is 0 Å². The normalized spacial score (nSPS) is 14.2. The predicted octanol–water partition coefficient (Wildman–Crippen LogP) is 0.861. The second kappa shape index (κ2) is 4.63. The van der Waals surface area contributed by atoms with Gasteiger partial charge < -0.3 is 10.2 Å². The number of aromatic nitrogens is 2. The van der Waals surface area contributed by atoms with Crippen LogP contribution in [0.1, 0.15) is 18.2 Å². The van der Waals surface area contributed by atoms with Gasteiger partial charge in [-0.2, -0.15) is 18.3 Å². The topological polar surface area (TPSA) is 58.3 Å². The molecule has 1 aromatic heterocycles. The van der Waals surface area contributed by atoms with Crippen LogP contribution in [-0.4, -0.2) is 32.8 Å². The first-order valence-corrected chi connectivity index (χ1v) is 4.31. The van der Waals surface area contributed by atoms with Gasteiger partial charge in [0, 0.05) is 19.2 Å². The molecule has 0 saturated carbocycles. The summed E-state index contributed by atoms with van der Waals surface area (Å²) in [5, 5.41) is 21.4. The van der Waals surface area contributed by atoms with Gasteiger partial charge in [-0.25, -0.2) is 0 Å². The third-order valence-electron chi connectivity index (χ3n) is 1.75. The fourth-order valence-corrected chi connectivity index (χ4v) is 1.10. The molecule has 0 aliphatic carbocycles. The Kier molecular flexibility index (Phi) is 3.70. The highest BCUT2D eigenvalue weighted by atomic mass is 19.4. The molecule has 1 atom stereocenters.